The summed E-state index contributed by atoms with van der Waals surface area (Å²) in [6.45, 7) is 4.80. The van der Waals surface area contributed by atoms with Gasteiger partial charge in [-0.1, -0.05) is 19.1 Å². The lowest BCUT2D eigenvalue weighted by atomic mass is 10.1. The number of aromatic nitrogens is 2. The van der Waals surface area contributed by atoms with Crippen molar-refractivity contribution in [2.45, 2.75) is 39.8 Å². The van der Waals surface area contributed by atoms with Gasteiger partial charge in [-0.25, -0.2) is 4.79 Å². The van der Waals surface area contributed by atoms with E-state index in [1.54, 1.807) is 22.5 Å². The van der Waals surface area contributed by atoms with Gasteiger partial charge in [0.2, 0.25) is 11.8 Å². The number of rotatable bonds is 5. The summed E-state index contributed by atoms with van der Waals surface area (Å²) >= 11 is 0. The second-order valence-corrected chi connectivity index (χ2v) is 7.32. The third kappa shape index (κ3) is 3.44. The van der Waals surface area contributed by atoms with Crippen LogP contribution >= 0.6 is 0 Å². The molecule has 0 aliphatic carbocycles. The van der Waals surface area contributed by atoms with Crippen LogP contribution in [0.15, 0.2) is 47.3 Å². The first-order chi connectivity index (χ1) is 14.0. The van der Waals surface area contributed by atoms with E-state index in [-0.39, 0.29) is 24.0 Å². The first kappa shape index (κ1) is 19.0. The Morgan fingerprint density at radius 2 is 1.79 bits per heavy atom. The number of carbonyl (C=O) groups is 2. The Morgan fingerprint density at radius 3 is 2.48 bits per heavy atom. The fraction of sp³-hybridized carbons (Fsp3) is 0.318. The number of imidazole rings is 1. The third-order valence-electron chi connectivity index (χ3n) is 5.31. The number of carbonyl (C=O) groups excluding carboxylic acids is 2. The van der Waals surface area contributed by atoms with Gasteiger partial charge >= 0.3 is 5.69 Å². The van der Waals surface area contributed by atoms with E-state index in [9.17, 15) is 14.4 Å². The molecule has 0 saturated carbocycles. The zero-order valence-corrected chi connectivity index (χ0v) is 16.6. The Hall–Kier alpha value is -3.35. The van der Waals surface area contributed by atoms with E-state index in [0.29, 0.717) is 18.8 Å². The molecule has 0 radical (unpaired) electrons. The molecular weight excluding hydrogens is 368 g/mol. The van der Waals surface area contributed by atoms with Crippen molar-refractivity contribution in [3.05, 3.63) is 58.5 Å². The monoisotopic (exact) mass is 392 g/mol. The molecule has 0 unspecified atom stereocenters. The molecule has 2 aromatic carbocycles. The first-order valence-corrected chi connectivity index (χ1v) is 9.88. The highest BCUT2D eigenvalue weighted by Gasteiger charge is 2.22. The molecule has 7 nitrogen and oxygen atoms in total. The van der Waals surface area contributed by atoms with Gasteiger partial charge in [0.25, 0.3) is 0 Å². The van der Waals surface area contributed by atoms with Gasteiger partial charge in [0.15, 0.2) is 0 Å². The smallest absolute Gasteiger partial charge is 0.325 e. The summed E-state index contributed by atoms with van der Waals surface area (Å²) in [4.78, 5) is 38.9. The SMILES string of the molecule is CCCn1c(=O)n(CC(=O)Nc2ccc3c(c2)CCN3C(C)=O)c2ccccc21. The number of hydrogen-bond acceptors (Lipinski definition) is 3. The Morgan fingerprint density at radius 1 is 1.07 bits per heavy atom. The fourth-order valence-electron chi connectivity index (χ4n) is 4.02. The lowest BCUT2D eigenvalue weighted by Crippen LogP contribution is -2.29. The van der Waals surface area contributed by atoms with Gasteiger partial charge < -0.3 is 10.2 Å². The van der Waals surface area contributed by atoms with Gasteiger partial charge in [0.1, 0.15) is 6.54 Å². The molecule has 0 atom stereocenters. The highest BCUT2D eigenvalue weighted by atomic mass is 16.2. The van der Waals surface area contributed by atoms with Gasteiger partial charge in [-0.15, -0.1) is 0 Å². The summed E-state index contributed by atoms with van der Waals surface area (Å²) in [5.41, 5.74) is 4.03. The molecule has 1 N–H and O–H groups in total. The highest BCUT2D eigenvalue weighted by molar-refractivity contribution is 5.95. The molecule has 1 aliphatic heterocycles. The van der Waals surface area contributed by atoms with E-state index < -0.39 is 0 Å². The minimum absolute atomic E-state index is 0.0170. The second-order valence-electron chi connectivity index (χ2n) is 7.32. The zero-order chi connectivity index (χ0) is 20.5. The minimum atomic E-state index is -0.257. The van der Waals surface area contributed by atoms with E-state index in [0.717, 1.165) is 35.1 Å². The molecule has 4 rings (SSSR count). The molecule has 150 valence electrons. The van der Waals surface area contributed by atoms with Crippen LogP contribution in [-0.4, -0.2) is 27.5 Å². The molecule has 2 heterocycles. The van der Waals surface area contributed by atoms with Crippen LogP contribution in [-0.2, 0) is 29.1 Å². The molecule has 0 bridgehead atoms. The van der Waals surface area contributed by atoms with Crippen molar-refractivity contribution >= 4 is 34.2 Å². The van der Waals surface area contributed by atoms with Gasteiger partial charge in [-0.05, 0) is 48.7 Å². The van der Waals surface area contributed by atoms with E-state index in [2.05, 4.69) is 5.32 Å². The number of benzene rings is 2. The maximum Gasteiger partial charge on any atom is 0.329 e. The molecule has 7 heteroatoms. The van der Waals surface area contributed by atoms with Crippen molar-refractivity contribution in [1.29, 1.82) is 0 Å². The molecule has 2 amide bonds. The lowest BCUT2D eigenvalue weighted by molar-refractivity contribution is -0.117. The Balaban J connectivity index is 1.56. The van der Waals surface area contributed by atoms with Crippen LogP contribution in [0.1, 0.15) is 25.8 Å². The highest BCUT2D eigenvalue weighted by Crippen LogP contribution is 2.30. The maximum atomic E-state index is 12.8. The summed E-state index contributed by atoms with van der Waals surface area (Å²) in [5.74, 6) is -0.240. The molecule has 0 saturated heterocycles. The fourth-order valence-corrected chi connectivity index (χ4v) is 4.02. The van der Waals surface area contributed by atoms with Crippen LogP contribution in [0.4, 0.5) is 11.4 Å². The van der Waals surface area contributed by atoms with Gasteiger partial charge in [-0.3, -0.25) is 18.7 Å². The Labute approximate surface area is 168 Å². The topological polar surface area (TPSA) is 76.3 Å². The average molecular weight is 392 g/mol. The van der Waals surface area contributed by atoms with Gasteiger partial charge in [0, 0.05) is 31.4 Å². The van der Waals surface area contributed by atoms with E-state index in [4.69, 9.17) is 0 Å². The Bertz CT molecular complexity index is 1160. The predicted octanol–water partition coefficient (Wildman–Crippen LogP) is 2.76. The number of anilines is 2. The predicted molar refractivity (Wildman–Crippen MR) is 113 cm³/mol. The van der Waals surface area contributed by atoms with Crippen LogP contribution in [0.5, 0.6) is 0 Å². The largest absolute Gasteiger partial charge is 0.329 e. The van der Waals surface area contributed by atoms with Crippen LogP contribution in [0.3, 0.4) is 0 Å². The summed E-state index contributed by atoms with van der Waals surface area (Å²) in [5, 5.41) is 2.89. The molecule has 3 aromatic rings. The quantitative estimate of drug-likeness (QED) is 0.725. The van der Waals surface area contributed by atoms with Crippen LogP contribution < -0.4 is 15.9 Å². The van der Waals surface area contributed by atoms with E-state index >= 15 is 0 Å². The van der Waals surface area contributed by atoms with Crippen LogP contribution in [0.2, 0.25) is 0 Å². The van der Waals surface area contributed by atoms with E-state index in [1.165, 1.54) is 4.57 Å². The van der Waals surface area contributed by atoms with Gasteiger partial charge in [-0.2, -0.15) is 0 Å². The van der Waals surface area contributed by atoms with Crippen molar-refractivity contribution in [2.75, 3.05) is 16.8 Å². The molecule has 0 fully saturated rings. The number of para-hydroxylation sites is 2. The number of aryl methyl sites for hydroxylation is 1. The van der Waals surface area contributed by atoms with Crippen molar-refractivity contribution in [3.63, 3.8) is 0 Å². The van der Waals surface area contributed by atoms with Crippen molar-refractivity contribution in [3.8, 4) is 0 Å². The van der Waals surface area contributed by atoms with Crippen molar-refractivity contribution in [2.24, 2.45) is 0 Å². The molecular formula is C22H24N4O3. The zero-order valence-electron chi connectivity index (χ0n) is 16.6. The summed E-state index contributed by atoms with van der Waals surface area (Å²) in [6.07, 6.45) is 1.61. The van der Waals surface area contributed by atoms with Crippen molar-refractivity contribution in [1.82, 2.24) is 9.13 Å². The van der Waals surface area contributed by atoms with E-state index in [1.807, 2.05) is 43.3 Å². The normalized spacial score (nSPS) is 13.0. The number of fused-ring (bicyclic) bond motifs is 2. The number of amides is 2. The second kappa shape index (κ2) is 7.58. The molecule has 29 heavy (non-hydrogen) atoms. The molecule has 0 spiro atoms. The lowest BCUT2D eigenvalue weighted by Gasteiger charge is -2.15. The summed E-state index contributed by atoms with van der Waals surface area (Å²) in [6, 6.07) is 13.1. The van der Waals surface area contributed by atoms with Crippen molar-refractivity contribution < 1.29 is 9.59 Å². The minimum Gasteiger partial charge on any atom is -0.325 e. The number of hydrogen-bond donors (Lipinski definition) is 1. The average Bonchev–Trinajstić information content (AvgIpc) is 3.23. The summed E-state index contributed by atoms with van der Waals surface area (Å²) < 4.78 is 3.24. The number of nitrogens with one attached hydrogen (secondary N) is 1. The number of nitrogens with zero attached hydrogens (tertiary/aromatic N) is 3. The first-order valence-electron chi connectivity index (χ1n) is 9.88. The van der Waals surface area contributed by atoms with Gasteiger partial charge in [0.05, 0.1) is 11.0 Å². The van der Waals surface area contributed by atoms with Crippen LogP contribution in [0.25, 0.3) is 11.0 Å². The summed E-state index contributed by atoms with van der Waals surface area (Å²) in [7, 11) is 0. The Kier molecular flexibility index (Phi) is 4.96. The maximum absolute atomic E-state index is 12.8. The molecule has 1 aliphatic rings. The third-order valence-corrected chi connectivity index (χ3v) is 5.31. The van der Waals surface area contributed by atoms with Crippen LogP contribution in [0, 0.1) is 0 Å². The standard InChI is InChI=1S/C22H24N4O3/c1-3-11-25-19-6-4-5-7-20(19)26(22(25)29)14-21(28)23-17-8-9-18-16(13-17)10-12-24(18)15(2)27/h4-9,13H,3,10-12,14H2,1-2H3,(H,23,28). The molecule has 1 aromatic heterocycles.